The van der Waals surface area contributed by atoms with E-state index in [2.05, 4.69) is 265 Å². The number of rotatable bonds is 8. The maximum Gasteiger partial charge on any atom is 0.247 e. The number of anilines is 3. The van der Waals surface area contributed by atoms with Gasteiger partial charge in [-0.2, -0.15) is 0 Å². The monoisotopic (exact) mass is 980 g/mol. The van der Waals surface area contributed by atoms with Crippen LogP contribution in [0.4, 0.5) is 17.1 Å². The van der Waals surface area contributed by atoms with Crippen LogP contribution in [0, 0.1) is 6.92 Å². The van der Waals surface area contributed by atoms with Gasteiger partial charge in [0, 0.05) is 56.0 Å². The highest BCUT2D eigenvalue weighted by atomic mass is 15.1. The Labute approximate surface area is 449 Å². The molecule has 15 rings (SSSR count). The molecule has 5 heteroatoms. The summed E-state index contributed by atoms with van der Waals surface area (Å²) in [6.07, 6.45) is 0. The van der Waals surface area contributed by atoms with Crippen LogP contribution in [0.5, 0.6) is 0 Å². The molecule has 0 amide bonds. The molecular weight excluding hydrogens is 932 g/mol. The van der Waals surface area contributed by atoms with E-state index in [1.807, 2.05) is 24.3 Å². The fraction of sp³-hybridized carbons (Fsp3) is 0.0278. The van der Waals surface area contributed by atoms with Crippen LogP contribution in [0.25, 0.3) is 83.6 Å². The molecule has 2 aliphatic heterocycles. The number of fused-ring (bicyclic) bond motifs is 7. The topological polar surface area (TPSA) is 34.0 Å². The Bertz CT molecular complexity index is 4340. The number of benzene rings is 11. The van der Waals surface area contributed by atoms with Gasteiger partial charge in [0.05, 0.1) is 28.1 Å². The molecule has 4 heterocycles. The van der Waals surface area contributed by atoms with Gasteiger partial charge in [-0.1, -0.05) is 223 Å². The van der Waals surface area contributed by atoms with Crippen LogP contribution >= 0.6 is 0 Å². The van der Waals surface area contributed by atoms with E-state index < -0.39 is 0 Å². The fourth-order valence-corrected chi connectivity index (χ4v) is 12.5. The van der Waals surface area contributed by atoms with Crippen LogP contribution in [-0.4, -0.2) is 21.2 Å². The molecular formula is C72H49BN4. The molecule has 0 fully saturated rings. The minimum absolute atomic E-state index is 0.141. The van der Waals surface area contributed by atoms with Crippen molar-refractivity contribution in [2.75, 3.05) is 4.90 Å². The minimum Gasteiger partial charge on any atom is -0.312 e. The van der Waals surface area contributed by atoms with Gasteiger partial charge in [-0.3, -0.25) is 0 Å². The van der Waals surface area contributed by atoms with E-state index in [0.717, 1.165) is 61.7 Å². The lowest BCUT2D eigenvalue weighted by Gasteiger charge is -2.42. The van der Waals surface area contributed by atoms with Crippen molar-refractivity contribution in [1.29, 1.82) is 0 Å². The van der Waals surface area contributed by atoms with Crippen LogP contribution in [-0.2, 0) is 0 Å². The molecule has 1 unspecified atom stereocenters. The van der Waals surface area contributed by atoms with Crippen molar-refractivity contribution >= 4 is 62.0 Å². The zero-order chi connectivity index (χ0) is 51.0. The van der Waals surface area contributed by atoms with Crippen LogP contribution < -0.4 is 21.3 Å². The molecule has 1 atom stereocenters. The number of aryl methyl sites for hydroxylation is 1. The molecule has 0 spiro atoms. The molecule has 2 aliphatic rings. The van der Waals surface area contributed by atoms with Gasteiger partial charge in [0.25, 0.3) is 0 Å². The Kier molecular flexibility index (Phi) is 10.6. The lowest BCUT2D eigenvalue weighted by Crippen LogP contribution is -2.61. The summed E-state index contributed by atoms with van der Waals surface area (Å²) in [7, 11) is 0. The van der Waals surface area contributed by atoms with Gasteiger partial charge in [-0.25, -0.2) is 9.97 Å². The van der Waals surface area contributed by atoms with E-state index in [9.17, 15) is 0 Å². The Morgan fingerprint density at radius 3 is 1.74 bits per heavy atom. The first-order chi connectivity index (χ1) is 38.1. The summed E-state index contributed by atoms with van der Waals surface area (Å²) in [5.74, 6) is 0.841. The lowest BCUT2D eigenvalue weighted by molar-refractivity contribution is 0.984. The van der Waals surface area contributed by atoms with Crippen LogP contribution in [0.3, 0.4) is 0 Å². The fourth-order valence-electron chi connectivity index (χ4n) is 12.5. The average Bonchev–Trinajstić information content (AvgIpc) is 3.83. The number of hydrogen-bond acceptors (Lipinski definition) is 3. The maximum absolute atomic E-state index is 5.27. The van der Waals surface area contributed by atoms with Crippen molar-refractivity contribution in [3.05, 3.63) is 295 Å². The molecule has 0 N–H and O–H groups in total. The first-order valence-electron chi connectivity index (χ1n) is 26.6. The van der Waals surface area contributed by atoms with Gasteiger partial charge in [-0.15, -0.1) is 0 Å². The molecule has 77 heavy (non-hydrogen) atoms. The average molecular weight is 981 g/mol. The molecule has 13 aromatic rings. The Morgan fingerprint density at radius 1 is 0.377 bits per heavy atom. The Hall–Kier alpha value is -9.84. The third-order valence-electron chi connectivity index (χ3n) is 16.0. The summed E-state index contributed by atoms with van der Waals surface area (Å²) < 4.78 is 2.44. The zero-order valence-electron chi connectivity index (χ0n) is 42.4. The van der Waals surface area contributed by atoms with Crippen molar-refractivity contribution in [3.8, 4) is 61.8 Å². The van der Waals surface area contributed by atoms with E-state index in [0.29, 0.717) is 5.82 Å². The van der Waals surface area contributed by atoms with Crippen LogP contribution in [0.2, 0.25) is 0 Å². The molecule has 360 valence electrons. The summed E-state index contributed by atoms with van der Waals surface area (Å²) in [6, 6.07) is 99.6. The molecule has 0 saturated carbocycles. The molecule has 11 aromatic carbocycles. The second-order valence-corrected chi connectivity index (χ2v) is 20.5. The van der Waals surface area contributed by atoms with E-state index in [-0.39, 0.29) is 12.6 Å². The van der Waals surface area contributed by atoms with Crippen molar-refractivity contribution in [2.24, 2.45) is 0 Å². The minimum atomic E-state index is 0.141. The van der Waals surface area contributed by atoms with Gasteiger partial charge in [-0.05, 0) is 112 Å². The van der Waals surface area contributed by atoms with Gasteiger partial charge in [0.1, 0.15) is 0 Å². The van der Waals surface area contributed by atoms with E-state index in [4.69, 9.17) is 9.97 Å². The third kappa shape index (κ3) is 7.45. The highest BCUT2D eigenvalue weighted by Crippen LogP contribution is 2.44. The Balaban J connectivity index is 0.839. The highest BCUT2D eigenvalue weighted by Gasteiger charge is 2.43. The largest absolute Gasteiger partial charge is 0.312 e. The highest BCUT2D eigenvalue weighted by molar-refractivity contribution is 6.99. The second-order valence-electron chi connectivity index (χ2n) is 20.5. The van der Waals surface area contributed by atoms with E-state index in [1.165, 1.54) is 71.8 Å². The molecule has 0 aliphatic carbocycles. The number of hydrogen-bond donors (Lipinski definition) is 0. The maximum atomic E-state index is 5.27. The molecule has 4 nitrogen and oxygen atoms in total. The molecule has 2 aromatic heterocycles. The molecule has 0 radical (unpaired) electrons. The van der Waals surface area contributed by atoms with Gasteiger partial charge in [0.15, 0.2) is 5.82 Å². The first-order valence-corrected chi connectivity index (χ1v) is 26.6. The summed E-state index contributed by atoms with van der Waals surface area (Å²) >= 11 is 0. The quantitative estimate of drug-likeness (QED) is 0.142. The molecule has 0 bridgehead atoms. The van der Waals surface area contributed by atoms with E-state index >= 15 is 0 Å². The second kappa shape index (κ2) is 18.2. The summed E-state index contributed by atoms with van der Waals surface area (Å²) in [5, 5.41) is 2.48. The van der Waals surface area contributed by atoms with Gasteiger partial charge >= 0.3 is 0 Å². The summed E-state index contributed by atoms with van der Waals surface area (Å²) in [5.41, 5.74) is 25.8. The standard InChI is InChI=1S/C72H49BN4/c1-47-32-42-67-60(44-47)56-24-12-15-29-65(56)77(67)66-43-39-54(64-46-63(51-18-5-2-6-19-51)74-72(75-64)53-22-9-4-10-23-53)45-59(66)50-35-33-48(34-36-50)49-37-40-55(41-38-49)76-68-30-16-14-28-62(68)73-61-27-13-11-25-57(61)70(52-20-7-3-8-21-52)58-26-17-31-69(76)71(58)73/h2-46,70H,1H3. The van der Waals surface area contributed by atoms with Gasteiger partial charge < -0.3 is 9.47 Å². The zero-order valence-corrected chi connectivity index (χ0v) is 42.4. The number of nitrogens with zero attached hydrogens (tertiary/aromatic N) is 4. The summed E-state index contributed by atoms with van der Waals surface area (Å²) in [4.78, 5) is 12.9. The van der Waals surface area contributed by atoms with Gasteiger partial charge in [0.2, 0.25) is 6.71 Å². The predicted octanol–water partition coefficient (Wildman–Crippen LogP) is 16.0. The van der Waals surface area contributed by atoms with Crippen molar-refractivity contribution in [1.82, 2.24) is 14.5 Å². The van der Waals surface area contributed by atoms with Crippen LogP contribution in [0.1, 0.15) is 28.2 Å². The number of para-hydroxylation sites is 2. The predicted molar refractivity (Wildman–Crippen MR) is 321 cm³/mol. The van der Waals surface area contributed by atoms with Crippen molar-refractivity contribution < 1.29 is 0 Å². The smallest absolute Gasteiger partial charge is 0.247 e. The summed E-state index contributed by atoms with van der Waals surface area (Å²) in [6.45, 7) is 2.31. The van der Waals surface area contributed by atoms with Crippen LogP contribution in [0.15, 0.2) is 273 Å². The third-order valence-corrected chi connectivity index (χ3v) is 16.0. The first kappa shape index (κ1) is 44.6. The normalized spacial score (nSPS) is 13.3. The van der Waals surface area contributed by atoms with Crippen molar-refractivity contribution in [3.63, 3.8) is 0 Å². The van der Waals surface area contributed by atoms with E-state index in [1.54, 1.807) is 0 Å². The van der Waals surface area contributed by atoms with Crippen molar-refractivity contribution in [2.45, 2.75) is 12.8 Å². The SMILES string of the molecule is Cc1ccc2c(c1)c1ccccc1n2-c1ccc(-c2cc(-c3ccccc3)nc(-c3ccccc3)n2)cc1-c1ccc(-c2ccc(N3c4ccccc4B4c5ccccc5C(c5ccccc5)c5cccc3c54)cc2)cc1. The lowest BCUT2D eigenvalue weighted by atomic mass is 9.31. The molecule has 0 saturated heterocycles. The number of aromatic nitrogens is 3. The Morgan fingerprint density at radius 2 is 0.961 bits per heavy atom.